The van der Waals surface area contributed by atoms with Gasteiger partial charge in [0.2, 0.25) is 0 Å². The first-order valence-corrected chi connectivity index (χ1v) is 11.3. The van der Waals surface area contributed by atoms with E-state index in [0.717, 1.165) is 25.5 Å². The molecule has 1 aromatic carbocycles. The number of hydrogen-bond donors (Lipinski definition) is 0. The van der Waals surface area contributed by atoms with Crippen LogP contribution < -0.4 is 0 Å². The molecule has 0 saturated carbocycles. The second-order valence-electron chi connectivity index (χ2n) is 8.48. The molecule has 0 bridgehead atoms. The zero-order valence-corrected chi connectivity index (χ0v) is 18.5. The van der Waals surface area contributed by atoms with Gasteiger partial charge in [-0.1, -0.05) is 37.3 Å². The van der Waals surface area contributed by atoms with E-state index in [-0.39, 0.29) is 0 Å². The average molecular weight is 410 g/mol. The molecule has 0 spiro atoms. The Kier molecular flexibility index (Phi) is 6.11. The summed E-state index contributed by atoms with van der Waals surface area (Å²) < 4.78 is 6.98. The van der Waals surface area contributed by atoms with Crippen LogP contribution in [0, 0.1) is 12.3 Å². The first-order valence-electron chi connectivity index (χ1n) is 10.5. The lowest BCUT2D eigenvalue weighted by Gasteiger charge is -2.39. The summed E-state index contributed by atoms with van der Waals surface area (Å²) in [4.78, 5) is 8.80. The second kappa shape index (κ2) is 8.76. The number of hydrogen-bond acceptors (Lipinski definition) is 4. The number of rotatable bonds is 7. The van der Waals surface area contributed by atoms with Crippen molar-refractivity contribution in [3.63, 3.8) is 0 Å². The van der Waals surface area contributed by atoms with E-state index in [1.54, 1.807) is 0 Å². The molecule has 0 N–H and O–H groups in total. The Morgan fingerprint density at radius 3 is 2.55 bits per heavy atom. The minimum atomic E-state index is 0.437. The molecule has 0 atom stereocenters. The summed E-state index contributed by atoms with van der Waals surface area (Å²) >= 11 is 1.86. The van der Waals surface area contributed by atoms with E-state index in [1.165, 1.54) is 42.0 Å². The van der Waals surface area contributed by atoms with Gasteiger partial charge in [0.25, 0.3) is 0 Å². The molecule has 4 rings (SSSR count). The fourth-order valence-electron chi connectivity index (χ4n) is 4.09. The van der Waals surface area contributed by atoms with Gasteiger partial charge in [-0.2, -0.15) is 0 Å². The molecule has 0 aliphatic carbocycles. The van der Waals surface area contributed by atoms with Gasteiger partial charge in [0.1, 0.15) is 10.9 Å². The fraction of sp³-hybridized carbons (Fsp3) is 0.478. The normalized spacial score (nSPS) is 16.9. The maximum Gasteiger partial charge on any atom is 0.110 e. The molecule has 0 unspecified atom stereocenters. The van der Waals surface area contributed by atoms with Crippen LogP contribution in [0.15, 0.2) is 54.1 Å². The summed E-state index contributed by atoms with van der Waals surface area (Å²) in [5.41, 5.74) is 2.90. The van der Waals surface area contributed by atoms with Crippen LogP contribution in [0.3, 0.4) is 0 Å². The molecular weight excluding hydrogens is 378 g/mol. The summed E-state index contributed by atoms with van der Waals surface area (Å²) in [6.07, 6.45) is 10.9. The molecule has 3 aromatic rings. The highest BCUT2D eigenvalue weighted by Crippen LogP contribution is 2.39. The molecule has 5 nitrogen and oxygen atoms in total. The molecule has 1 aliphatic rings. The average Bonchev–Trinajstić information content (AvgIpc) is 3.32. The van der Waals surface area contributed by atoms with Crippen LogP contribution in [0.4, 0.5) is 0 Å². The highest BCUT2D eigenvalue weighted by atomic mass is 32.2. The van der Waals surface area contributed by atoms with Crippen molar-refractivity contribution in [3.05, 3.63) is 54.9 Å². The Labute approximate surface area is 178 Å². The molecule has 6 heteroatoms. The van der Waals surface area contributed by atoms with Gasteiger partial charge in [-0.15, -0.1) is 0 Å². The topological polar surface area (TPSA) is 38.9 Å². The monoisotopic (exact) mass is 409 g/mol. The van der Waals surface area contributed by atoms with Gasteiger partial charge in [-0.3, -0.25) is 0 Å². The van der Waals surface area contributed by atoms with E-state index in [1.807, 2.05) is 30.7 Å². The molecule has 0 amide bonds. The van der Waals surface area contributed by atoms with Crippen molar-refractivity contribution in [3.8, 4) is 11.3 Å². The van der Waals surface area contributed by atoms with Gasteiger partial charge in [-0.25, -0.2) is 14.3 Å². The highest BCUT2D eigenvalue weighted by Gasteiger charge is 2.30. The third-order valence-corrected chi connectivity index (χ3v) is 7.48. The summed E-state index contributed by atoms with van der Waals surface area (Å²) in [5.74, 6) is 1.07. The van der Waals surface area contributed by atoms with Crippen molar-refractivity contribution in [1.29, 1.82) is 0 Å². The highest BCUT2D eigenvalue weighted by molar-refractivity contribution is 7.97. The smallest absolute Gasteiger partial charge is 0.110 e. The Bertz CT molecular complexity index is 922. The van der Waals surface area contributed by atoms with E-state index in [0.29, 0.717) is 5.41 Å². The quantitative estimate of drug-likeness (QED) is 0.504. The number of imidazole rings is 2. The predicted octanol–water partition coefficient (Wildman–Crippen LogP) is 5.18. The fourth-order valence-corrected chi connectivity index (χ4v) is 5.07. The summed E-state index contributed by atoms with van der Waals surface area (Å²) in [6.45, 7) is 7.85. The van der Waals surface area contributed by atoms with Crippen LogP contribution in [-0.4, -0.2) is 36.5 Å². The second-order valence-corrected chi connectivity index (χ2v) is 9.59. The maximum atomic E-state index is 4.41. The summed E-state index contributed by atoms with van der Waals surface area (Å²) in [6, 6.07) is 10.6. The summed E-state index contributed by atoms with van der Waals surface area (Å²) in [7, 11) is 2.10. The van der Waals surface area contributed by atoms with Gasteiger partial charge >= 0.3 is 0 Å². The number of piperidine rings is 1. The van der Waals surface area contributed by atoms with Gasteiger partial charge in [0.15, 0.2) is 0 Å². The van der Waals surface area contributed by atoms with E-state index >= 15 is 0 Å². The lowest BCUT2D eigenvalue weighted by atomic mass is 9.77. The first-order chi connectivity index (χ1) is 14.0. The minimum Gasteiger partial charge on any atom is -0.331 e. The Morgan fingerprint density at radius 1 is 1.10 bits per heavy atom. The molecule has 1 fully saturated rings. The zero-order chi connectivity index (χ0) is 20.3. The Balaban J connectivity index is 1.27. The van der Waals surface area contributed by atoms with Crippen LogP contribution in [-0.2, 0) is 13.6 Å². The maximum absolute atomic E-state index is 4.41. The Morgan fingerprint density at radius 2 is 1.86 bits per heavy atom. The van der Waals surface area contributed by atoms with E-state index in [2.05, 4.69) is 74.6 Å². The largest absolute Gasteiger partial charge is 0.331 e. The van der Waals surface area contributed by atoms with Crippen molar-refractivity contribution >= 4 is 11.9 Å². The van der Waals surface area contributed by atoms with Crippen molar-refractivity contribution in [2.75, 3.05) is 13.1 Å². The molecule has 2 aromatic heterocycles. The molecular formula is C23H31N5S. The van der Waals surface area contributed by atoms with E-state index in [4.69, 9.17) is 0 Å². The van der Waals surface area contributed by atoms with Gasteiger partial charge in [0, 0.05) is 26.7 Å². The number of aromatic nitrogens is 4. The first kappa shape index (κ1) is 20.2. The molecule has 29 heavy (non-hydrogen) atoms. The number of nitrogens with zero attached hydrogens (tertiary/aromatic N) is 5. The van der Waals surface area contributed by atoms with Gasteiger partial charge in [0.05, 0.1) is 24.4 Å². The molecule has 154 valence electrons. The van der Waals surface area contributed by atoms with Crippen LogP contribution >= 0.6 is 11.9 Å². The van der Waals surface area contributed by atoms with Crippen LogP contribution in [0.25, 0.3) is 11.3 Å². The van der Waals surface area contributed by atoms with Gasteiger partial charge in [-0.05, 0) is 55.5 Å². The summed E-state index contributed by atoms with van der Waals surface area (Å²) in [5, 5.41) is 1.24. The van der Waals surface area contributed by atoms with Crippen molar-refractivity contribution in [1.82, 2.24) is 23.4 Å². The third kappa shape index (κ3) is 4.75. The minimum absolute atomic E-state index is 0.437. The lowest BCUT2D eigenvalue weighted by Crippen LogP contribution is -2.35. The SMILES string of the molecule is Cc1ncc(SN2CCC(C)(CCCn3cncc3-c3ccccc3)CC2)n1C. The van der Waals surface area contributed by atoms with E-state index in [9.17, 15) is 0 Å². The standard InChI is InChI=1S/C23H31N5S/c1-19-25-17-22(26(19)3)29-28-14-11-23(2,12-15-28)10-7-13-27-18-24-16-21(27)20-8-5-4-6-9-20/h4-6,8-9,16-18H,7,10-15H2,1-3H3. The van der Waals surface area contributed by atoms with Crippen molar-refractivity contribution in [2.24, 2.45) is 12.5 Å². The Hall–Kier alpha value is -2.05. The van der Waals surface area contributed by atoms with Crippen LogP contribution in [0.2, 0.25) is 0 Å². The van der Waals surface area contributed by atoms with Crippen LogP contribution in [0.5, 0.6) is 0 Å². The number of aryl methyl sites for hydroxylation is 2. The molecule has 1 saturated heterocycles. The van der Waals surface area contributed by atoms with Gasteiger partial charge < -0.3 is 9.13 Å². The zero-order valence-electron chi connectivity index (χ0n) is 17.7. The molecule has 1 aliphatic heterocycles. The lowest BCUT2D eigenvalue weighted by molar-refractivity contribution is 0.163. The third-order valence-electron chi connectivity index (χ3n) is 6.29. The van der Waals surface area contributed by atoms with E-state index < -0.39 is 0 Å². The predicted molar refractivity (Wildman–Crippen MR) is 120 cm³/mol. The molecule has 3 heterocycles. The van der Waals surface area contributed by atoms with Crippen molar-refractivity contribution in [2.45, 2.75) is 51.1 Å². The molecule has 0 radical (unpaired) electrons. The van der Waals surface area contributed by atoms with Crippen molar-refractivity contribution < 1.29 is 0 Å². The van der Waals surface area contributed by atoms with Crippen LogP contribution in [0.1, 0.15) is 38.4 Å². The number of benzene rings is 1.